The van der Waals surface area contributed by atoms with Gasteiger partial charge in [0.25, 0.3) is 0 Å². The molecule has 0 atom stereocenters. The molecule has 0 unspecified atom stereocenters. The molecule has 0 rings (SSSR count). The summed E-state index contributed by atoms with van der Waals surface area (Å²) in [5.74, 6) is 0. The Hall–Kier alpha value is -0.160. The summed E-state index contributed by atoms with van der Waals surface area (Å²) in [6.45, 7) is 9.45. The summed E-state index contributed by atoms with van der Waals surface area (Å²) in [7, 11) is 0. The van der Waals surface area contributed by atoms with Crippen LogP contribution in [0.25, 0.3) is 0 Å². The Kier molecular flexibility index (Phi) is 10.9. The van der Waals surface area contributed by atoms with Crippen LogP contribution in [-0.2, 0) is 0 Å². The van der Waals surface area contributed by atoms with Crippen LogP contribution >= 0.6 is 0 Å². The van der Waals surface area contributed by atoms with Gasteiger partial charge in [0.15, 0.2) is 0 Å². The molecule has 6 N–H and O–H groups in total. The largest absolute Gasteiger partial charge is 0.330 e. The van der Waals surface area contributed by atoms with E-state index in [1.807, 2.05) is 0 Å². The fourth-order valence-electron chi connectivity index (χ4n) is 2.44. The van der Waals surface area contributed by atoms with Crippen molar-refractivity contribution in [1.29, 1.82) is 0 Å². The Morgan fingerprint density at radius 2 is 1.00 bits per heavy atom. The van der Waals surface area contributed by atoms with Gasteiger partial charge in [0.05, 0.1) is 26.2 Å². The zero-order valence-corrected chi connectivity index (χ0v) is 11.7. The molecule has 0 aromatic carbocycles. The molecule has 0 saturated heterocycles. The number of unbranched alkanes of at least 4 members (excludes halogenated alkanes) is 1. The number of nitrogens with two attached hydrogens (primary N) is 3. The van der Waals surface area contributed by atoms with Crippen molar-refractivity contribution in [2.45, 2.75) is 39.0 Å². The highest BCUT2D eigenvalue weighted by atomic mass is 15.3. The van der Waals surface area contributed by atoms with Crippen LogP contribution in [0.3, 0.4) is 0 Å². The van der Waals surface area contributed by atoms with Gasteiger partial charge in [-0.2, -0.15) is 0 Å². The molecule has 0 bridgehead atoms. The van der Waals surface area contributed by atoms with Crippen molar-refractivity contribution in [2.75, 3.05) is 45.8 Å². The van der Waals surface area contributed by atoms with E-state index in [1.54, 1.807) is 0 Å². The smallest absolute Gasteiger partial charge is 0.0798 e. The fraction of sp³-hybridized carbons (Fsp3) is 1.00. The number of quaternary nitrogens is 1. The lowest BCUT2D eigenvalue weighted by molar-refractivity contribution is -0.928. The van der Waals surface area contributed by atoms with Gasteiger partial charge in [-0.25, -0.2) is 0 Å². The average molecular weight is 245 g/mol. The Morgan fingerprint density at radius 3 is 1.29 bits per heavy atom. The molecule has 0 saturated carbocycles. The van der Waals surface area contributed by atoms with Crippen LogP contribution in [0.15, 0.2) is 0 Å². The molecule has 0 aromatic rings. The van der Waals surface area contributed by atoms with Crippen molar-refractivity contribution < 1.29 is 4.48 Å². The molecule has 4 nitrogen and oxygen atoms in total. The van der Waals surface area contributed by atoms with Gasteiger partial charge in [0.2, 0.25) is 0 Å². The quantitative estimate of drug-likeness (QED) is 0.442. The second-order valence-electron chi connectivity index (χ2n) is 5.02. The molecule has 4 heteroatoms. The summed E-state index contributed by atoms with van der Waals surface area (Å²) in [4.78, 5) is 0. The van der Waals surface area contributed by atoms with Crippen LogP contribution in [0.5, 0.6) is 0 Å². The van der Waals surface area contributed by atoms with E-state index < -0.39 is 0 Å². The molecule has 0 amide bonds. The van der Waals surface area contributed by atoms with Gasteiger partial charge in [-0.05, 0) is 26.1 Å². The molecule has 17 heavy (non-hydrogen) atoms. The van der Waals surface area contributed by atoms with Gasteiger partial charge in [-0.3, -0.25) is 0 Å². The second kappa shape index (κ2) is 11.0. The van der Waals surface area contributed by atoms with E-state index in [2.05, 4.69) is 6.92 Å². The van der Waals surface area contributed by atoms with Crippen molar-refractivity contribution in [3.63, 3.8) is 0 Å². The lowest BCUT2D eigenvalue weighted by Gasteiger charge is -2.39. The number of rotatable bonds is 12. The van der Waals surface area contributed by atoms with Gasteiger partial charge in [-0.15, -0.1) is 0 Å². The Labute approximate surface area is 107 Å². The van der Waals surface area contributed by atoms with Gasteiger partial charge in [-0.1, -0.05) is 13.3 Å². The molecule has 0 aromatic heterocycles. The first kappa shape index (κ1) is 16.8. The second-order valence-corrected chi connectivity index (χ2v) is 5.02. The van der Waals surface area contributed by atoms with Crippen LogP contribution < -0.4 is 17.2 Å². The molecule has 0 aliphatic heterocycles. The molecule has 0 aliphatic carbocycles. The van der Waals surface area contributed by atoms with Crippen LogP contribution in [0.4, 0.5) is 0 Å². The first-order valence-corrected chi connectivity index (χ1v) is 7.20. The minimum absolute atomic E-state index is 0.789. The topological polar surface area (TPSA) is 78.1 Å². The maximum Gasteiger partial charge on any atom is 0.0798 e. The number of hydrogen-bond donors (Lipinski definition) is 3. The standard InChI is InChI=1S/C13H33N4/c1-2-3-10-17(11-4-7-14,12-5-8-15)13-6-9-16/h2-16H2,1H3/q+1. The summed E-state index contributed by atoms with van der Waals surface area (Å²) in [5.41, 5.74) is 17.0. The third kappa shape index (κ3) is 7.71. The molecule has 0 fully saturated rings. The summed E-state index contributed by atoms with van der Waals surface area (Å²) in [6, 6.07) is 0. The van der Waals surface area contributed by atoms with E-state index >= 15 is 0 Å². The molecule has 0 aliphatic rings. The minimum atomic E-state index is 0.789. The highest BCUT2D eigenvalue weighted by Gasteiger charge is 2.24. The highest BCUT2D eigenvalue weighted by molar-refractivity contribution is 4.51. The highest BCUT2D eigenvalue weighted by Crippen LogP contribution is 2.13. The monoisotopic (exact) mass is 245 g/mol. The molecule has 104 valence electrons. The zero-order valence-electron chi connectivity index (χ0n) is 11.7. The SMILES string of the molecule is CCCC[N+](CCCN)(CCCN)CCCN. The van der Waals surface area contributed by atoms with Crippen LogP contribution in [0, 0.1) is 0 Å². The third-order valence-electron chi connectivity index (χ3n) is 3.50. The van der Waals surface area contributed by atoms with Crippen molar-refractivity contribution in [1.82, 2.24) is 0 Å². The van der Waals surface area contributed by atoms with Gasteiger partial charge < -0.3 is 21.7 Å². The summed E-state index contributed by atoms with van der Waals surface area (Å²) < 4.78 is 1.18. The maximum atomic E-state index is 5.66. The van der Waals surface area contributed by atoms with Crippen LogP contribution in [0.2, 0.25) is 0 Å². The Morgan fingerprint density at radius 1 is 0.647 bits per heavy atom. The third-order valence-corrected chi connectivity index (χ3v) is 3.50. The Balaban J connectivity index is 4.39. The molecule has 0 heterocycles. The van der Waals surface area contributed by atoms with E-state index in [1.165, 1.54) is 43.5 Å². The lowest BCUT2D eigenvalue weighted by Crippen LogP contribution is -2.52. The van der Waals surface area contributed by atoms with Crippen molar-refractivity contribution in [3.8, 4) is 0 Å². The van der Waals surface area contributed by atoms with E-state index in [0.717, 1.165) is 38.9 Å². The number of hydrogen-bond acceptors (Lipinski definition) is 3. The Bertz CT molecular complexity index is 124. The zero-order chi connectivity index (χ0) is 13.0. The first-order chi connectivity index (χ1) is 8.24. The lowest BCUT2D eigenvalue weighted by atomic mass is 10.1. The maximum absolute atomic E-state index is 5.66. The normalized spacial score (nSPS) is 12.0. The van der Waals surface area contributed by atoms with Crippen LogP contribution in [-0.4, -0.2) is 50.3 Å². The predicted octanol–water partition coefficient (Wildman–Crippen LogP) is 0.650. The van der Waals surface area contributed by atoms with E-state index in [-0.39, 0.29) is 0 Å². The average Bonchev–Trinajstić information content (AvgIpc) is 2.37. The molecular formula is C13H33N4+. The van der Waals surface area contributed by atoms with E-state index in [9.17, 15) is 0 Å². The first-order valence-electron chi connectivity index (χ1n) is 7.20. The van der Waals surface area contributed by atoms with Crippen molar-refractivity contribution in [2.24, 2.45) is 17.2 Å². The van der Waals surface area contributed by atoms with Crippen molar-refractivity contribution >= 4 is 0 Å². The minimum Gasteiger partial charge on any atom is -0.330 e. The van der Waals surface area contributed by atoms with Crippen molar-refractivity contribution in [3.05, 3.63) is 0 Å². The molecule has 0 spiro atoms. The summed E-state index contributed by atoms with van der Waals surface area (Å²) >= 11 is 0. The van der Waals surface area contributed by atoms with Gasteiger partial charge in [0.1, 0.15) is 0 Å². The van der Waals surface area contributed by atoms with E-state index in [4.69, 9.17) is 17.2 Å². The summed E-state index contributed by atoms with van der Waals surface area (Å²) in [5, 5.41) is 0. The predicted molar refractivity (Wildman–Crippen MR) is 75.7 cm³/mol. The number of nitrogens with zero attached hydrogens (tertiary/aromatic N) is 1. The van der Waals surface area contributed by atoms with Gasteiger partial charge in [0, 0.05) is 19.3 Å². The fourth-order valence-corrected chi connectivity index (χ4v) is 2.44. The molecular weight excluding hydrogens is 212 g/mol. The van der Waals surface area contributed by atoms with Gasteiger partial charge >= 0.3 is 0 Å². The molecule has 0 radical (unpaired) electrons. The summed E-state index contributed by atoms with van der Waals surface area (Å²) in [6.07, 6.45) is 5.88. The van der Waals surface area contributed by atoms with E-state index in [0.29, 0.717) is 0 Å². The van der Waals surface area contributed by atoms with Crippen LogP contribution in [0.1, 0.15) is 39.0 Å².